The molecule has 0 radical (unpaired) electrons. The molecule has 3 aromatic carbocycles. The van der Waals surface area contributed by atoms with Crippen molar-refractivity contribution in [2.24, 2.45) is 0 Å². The molecule has 0 aliphatic carbocycles. The number of nitrogens with one attached hydrogen (secondary N) is 1. The molecule has 49 heavy (non-hydrogen) atoms. The highest BCUT2D eigenvalue weighted by atomic mass is 32.2. The summed E-state index contributed by atoms with van der Waals surface area (Å²) in [4.78, 5) is 29.7. The van der Waals surface area contributed by atoms with Gasteiger partial charge in [-0.3, -0.25) is 9.59 Å². The Morgan fingerprint density at radius 2 is 1.69 bits per heavy atom. The molecule has 2 amide bonds. The van der Waals surface area contributed by atoms with E-state index in [1.807, 2.05) is 91.0 Å². The zero-order valence-corrected chi connectivity index (χ0v) is 27.3. The molecule has 2 fully saturated rings. The van der Waals surface area contributed by atoms with Crippen molar-refractivity contribution in [2.75, 3.05) is 12.3 Å². The molecule has 0 saturated carbocycles. The fraction of sp³-hybridized carbons (Fsp3) is 0.324. The van der Waals surface area contributed by atoms with Crippen molar-refractivity contribution in [2.45, 2.75) is 68.2 Å². The largest absolute Gasteiger partial charge is 0.471 e. The van der Waals surface area contributed by atoms with Crippen molar-refractivity contribution in [1.82, 2.24) is 15.2 Å². The molecule has 6 rings (SSSR count). The lowest BCUT2D eigenvalue weighted by Gasteiger charge is -2.36. The van der Waals surface area contributed by atoms with Gasteiger partial charge in [-0.2, -0.15) is 13.2 Å². The van der Waals surface area contributed by atoms with Crippen LogP contribution < -0.4 is 5.32 Å². The van der Waals surface area contributed by atoms with Gasteiger partial charge in [-0.15, -0.1) is 11.8 Å². The topological polar surface area (TPSA) is 101 Å². The summed E-state index contributed by atoms with van der Waals surface area (Å²) >= 11 is 1.62. The van der Waals surface area contributed by atoms with Gasteiger partial charge in [-0.1, -0.05) is 66.7 Å². The fourth-order valence-corrected chi connectivity index (χ4v) is 6.99. The molecular weight excluding hydrogens is 655 g/mol. The maximum absolute atomic E-state index is 13.0. The van der Waals surface area contributed by atoms with Crippen LogP contribution in [-0.2, 0) is 32.2 Å². The first-order chi connectivity index (χ1) is 23.7. The second-order valence-corrected chi connectivity index (χ2v) is 13.1. The summed E-state index contributed by atoms with van der Waals surface area (Å²) in [6.45, 7) is -0.0430. The van der Waals surface area contributed by atoms with Gasteiger partial charge in [0.05, 0.1) is 23.8 Å². The number of halogens is 3. The molecule has 3 heterocycles. The quantitative estimate of drug-likeness (QED) is 0.178. The third-order valence-corrected chi connectivity index (χ3v) is 9.69. The van der Waals surface area contributed by atoms with Crippen molar-refractivity contribution in [3.8, 4) is 11.1 Å². The first kappa shape index (κ1) is 34.6. The summed E-state index contributed by atoms with van der Waals surface area (Å²) in [5, 5.41) is 13.1. The number of rotatable bonds is 10. The summed E-state index contributed by atoms with van der Waals surface area (Å²) in [5.74, 6) is -1.91. The fourth-order valence-electron chi connectivity index (χ4n) is 6.11. The number of alkyl halides is 3. The van der Waals surface area contributed by atoms with Gasteiger partial charge in [0.25, 0.3) is 0 Å². The third kappa shape index (κ3) is 8.69. The maximum atomic E-state index is 13.0. The molecule has 0 bridgehead atoms. The van der Waals surface area contributed by atoms with Gasteiger partial charge in [-0.05, 0) is 64.9 Å². The van der Waals surface area contributed by atoms with E-state index in [1.165, 1.54) is 0 Å². The molecule has 8 nitrogen and oxygen atoms in total. The molecular formula is C37H36F3N3O5S. The predicted octanol–water partition coefficient (Wildman–Crippen LogP) is 6.75. The Kier molecular flexibility index (Phi) is 11.0. The highest BCUT2D eigenvalue weighted by molar-refractivity contribution is 7.99. The number of nitrogens with zero attached hydrogens (tertiary/aromatic N) is 2. The van der Waals surface area contributed by atoms with E-state index in [0.29, 0.717) is 23.5 Å². The second kappa shape index (κ2) is 15.5. The lowest BCUT2D eigenvalue weighted by atomic mass is 9.99. The Morgan fingerprint density at radius 1 is 0.918 bits per heavy atom. The van der Waals surface area contributed by atoms with E-state index in [9.17, 15) is 27.9 Å². The van der Waals surface area contributed by atoms with Crippen LogP contribution in [0.2, 0.25) is 0 Å². The number of carbonyl (C=O) groups excluding carboxylic acids is 2. The van der Waals surface area contributed by atoms with E-state index >= 15 is 0 Å². The first-order valence-corrected chi connectivity index (χ1v) is 17.1. The maximum Gasteiger partial charge on any atom is 0.471 e. The van der Waals surface area contributed by atoms with Crippen molar-refractivity contribution in [1.29, 1.82) is 0 Å². The van der Waals surface area contributed by atoms with Crippen LogP contribution in [0.5, 0.6) is 0 Å². The average Bonchev–Trinajstić information content (AvgIpc) is 3.63. The predicted molar refractivity (Wildman–Crippen MR) is 178 cm³/mol. The molecule has 4 aromatic rings. The number of likely N-dealkylation sites (tertiary alicyclic amines) is 1. The number of aromatic nitrogens is 1. The standard InChI is InChI=1S/C37H36F3N3O5S/c38-37(39,40)36(46)43-17-5-10-31(43)34(45)42-21-25-6-3-7-27(18-25)28-8-4-9-29(19-28)35-47-30(23-49-33-11-1-2-16-41-33)20-32(48-35)26-14-12-24(22-44)13-15-26/h1-4,6-9,11-16,18-19,30-32,35,44H,5,10,17,20-23H2,(H,42,45). The Labute approximate surface area is 286 Å². The van der Waals surface area contributed by atoms with Crippen LogP contribution in [0.1, 0.15) is 53.9 Å². The van der Waals surface area contributed by atoms with Gasteiger partial charge in [0.15, 0.2) is 6.29 Å². The van der Waals surface area contributed by atoms with Gasteiger partial charge in [-0.25, -0.2) is 4.98 Å². The number of carbonyl (C=O) groups is 2. The molecule has 2 aliphatic rings. The average molecular weight is 692 g/mol. The lowest BCUT2D eigenvalue weighted by molar-refractivity contribution is -0.245. The Bertz CT molecular complexity index is 1740. The van der Waals surface area contributed by atoms with Crippen molar-refractivity contribution >= 4 is 23.6 Å². The van der Waals surface area contributed by atoms with Gasteiger partial charge in [0, 0.05) is 37.0 Å². The molecule has 2 aliphatic heterocycles. The molecule has 4 atom stereocenters. The minimum atomic E-state index is -5.02. The second-order valence-electron chi connectivity index (χ2n) is 12.0. The smallest absolute Gasteiger partial charge is 0.392 e. The van der Waals surface area contributed by atoms with E-state index in [4.69, 9.17) is 9.47 Å². The van der Waals surface area contributed by atoms with Gasteiger partial charge in [0.2, 0.25) is 5.91 Å². The zero-order chi connectivity index (χ0) is 34.4. The van der Waals surface area contributed by atoms with Crippen LogP contribution in [0.25, 0.3) is 11.1 Å². The van der Waals surface area contributed by atoms with E-state index in [2.05, 4.69) is 10.3 Å². The Balaban J connectivity index is 1.16. The van der Waals surface area contributed by atoms with Crippen LogP contribution in [0, 0.1) is 0 Å². The normalized spacial score (nSPS) is 21.0. The van der Waals surface area contributed by atoms with Crippen LogP contribution in [-0.4, -0.2) is 57.4 Å². The molecule has 2 saturated heterocycles. The van der Waals surface area contributed by atoms with Crippen LogP contribution in [0.15, 0.2) is 102 Å². The Morgan fingerprint density at radius 3 is 2.43 bits per heavy atom. The summed E-state index contributed by atoms with van der Waals surface area (Å²) in [6, 6.07) is 27.7. The van der Waals surface area contributed by atoms with Crippen molar-refractivity contribution in [3.63, 3.8) is 0 Å². The van der Waals surface area contributed by atoms with Gasteiger partial charge < -0.3 is 24.8 Å². The van der Waals surface area contributed by atoms with E-state index in [1.54, 1.807) is 18.0 Å². The van der Waals surface area contributed by atoms with Crippen LogP contribution in [0.4, 0.5) is 13.2 Å². The monoisotopic (exact) mass is 691 g/mol. The number of benzene rings is 3. The molecule has 0 spiro atoms. The minimum Gasteiger partial charge on any atom is -0.392 e. The lowest BCUT2D eigenvalue weighted by Crippen LogP contribution is -2.50. The van der Waals surface area contributed by atoms with E-state index in [0.717, 1.165) is 38.4 Å². The number of hydrogen-bond acceptors (Lipinski definition) is 7. The number of thioether (sulfide) groups is 1. The number of pyridine rings is 1. The third-order valence-electron chi connectivity index (χ3n) is 8.61. The number of aliphatic hydroxyl groups is 1. The van der Waals surface area contributed by atoms with Crippen molar-refractivity contribution in [3.05, 3.63) is 119 Å². The molecule has 4 unspecified atom stereocenters. The van der Waals surface area contributed by atoms with Crippen LogP contribution in [0.3, 0.4) is 0 Å². The summed E-state index contributed by atoms with van der Waals surface area (Å²) in [5.41, 5.74) is 5.17. The molecule has 256 valence electrons. The number of hydrogen-bond donors (Lipinski definition) is 2. The molecule has 12 heteroatoms. The minimum absolute atomic E-state index is 0.0384. The highest BCUT2D eigenvalue weighted by Crippen LogP contribution is 2.40. The number of ether oxygens (including phenoxy) is 2. The SMILES string of the molecule is O=C(NCc1cccc(-c2cccc(C3OC(CSc4ccccn4)CC(c4ccc(CO)cc4)O3)c2)c1)C1CCCN1C(=O)C(F)(F)F. The summed E-state index contributed by atoms with van der Waals surface area (Å²) < 4.78 is 52.1. The molecule has 2 N–H and O–H groups in total. The van der Waals surface area contributed by atoms with E-state index < -0.39 is 30.3 Å². The van der Waals surface area contributed by atoms with Crippen molar-refractivity contribution < 1.29 is 37.3 Å². The first-order valence-electron chi connectivity index (χ1n) is 16.1. The highest BCUT2D eigenvalue weighted by Gasteiger charge is 2.47. The number of amides is 2. The summed E-state index contributed by atoms with van der Waals surface area (Å²) in [7, 11) is 0. The van der Waals surface area contributed by atoms with Crippen LogP contribution >= 0.6 is 11.8 Å². The Hall–Kier alpha value is -4.23. The van der Waals surface area contributed by atoms with Gasteiger partial charge >= 0.3 is 12.1 Å². The summed E-state index contributed by atoms with van der Waals surface area (Å²) in [6.07, 6.45) is -3.12. The number of aliphatic hydroxyl groups excluding tert-OH is 1. The molecule has 1 aromatic heterocycles. The zero-order valence-electron chi connectivity index (χ0n) is 26.5. The van der Waals surface area contributed by atoms with Gasteiger partial charge in [0.1, 0.15) is 6.04 Å². The van der Waals surface area contributed by atoms with E-state index in [-0.39, 0.29) is 38.3 Å².